The maximum absolute atomic E-state index is 5.71. The highest BCUT2D eigenvalue weighted by atomic mass is 16.5. The van der Waals surface area contributed by atoms with Gasteiger partial charge in [-0.05, 0) is 30.7 Å². The Balaban J connectivity index is 1.79. The van der Waals surface area contributed by atoms with Crippen LogP contribution in [-0.2, 0) is 0 Å². The number of hydrogen-bond donors (Lipinski definition) is 0. The first kappa shape index (κ1) is 14.3. The molecule has 0 radical (unpaired) electrons. The molecule has 0 saturated heterocycles. The number of benzene rings is 2. The minimum absolute atomic E-state index is 0.487. The molecule has 20 heavy (non-hydrogen) atoms. The SMILES string of the molecule is CCCOc1ccccc1OCCOc1ccccc1. The van der Waals surface area contributed by atoms with Crippen LogP contribution in [0.5, 0.6) is 17.2 Å². The second kappa shape index (κ2) is 8.10. The van der Waals surface area contributed by atoms with Crippen molar-refractivity contribution in [2.24, 2.45) is 0 Å². The Bertz CT molecular complexity index is 497. The molecule has 0 N–H and O–H groups in total. The van der Waals surface area contributed by atoms with Crippen LogP contribution in [0.3, 0.4) is 0 Å². The van der Waals surface area contributed by atoms with Gasteiger partial charge in [0.25, 0.3) is 0 Å². The van der Waals surface area contributed by atoms with Crippen molar-refractivity contribution in [3.8, 4) is 17.2 Å². The Labute approximate surface area is 120 Å². The van der Waals surface area contributed by atoms with E-state index in [4.69, 9.17) is 14.2 Å². The van der Waals surface area contributed by atoms with Crippen LogP contribution in [0, 0.1) is 0 Å². The normalized spacial score (nSPS) is 10.1. The molecule has 3 heteroatoms. The zero-order chi connectivity index (χ0) is 14.0. The predicted octanol–water partition coefficient (Wildman–Crippen LogP) is 3.93. The fraction of sp³-hybridized carbons (Fsp3) is 0.294. The van der Waals surface area contributed by atoms with Crippen molar-refractivity contribution in [1.82, 2.24) is 0 Å². The summed E-state index contributed by atoms with van der Waals surface area (Å²) < 4.78 is 16.9. The summed E-state index contributed by atoms with van der Waals surface area (Å²) in [5, 5.41) is 0. The maximum atomic E-state index is 5.71. The average molecular weight is 272 g/mol. The van der Waals surface area contributed by atoms with Crippen LogP contribution in [-0.4, -0.2) is 19.8 Å². The summed E-state index contributed by atoms with van der Waals surface area (Å²) in [6.07, 6.45) is 0.978. The highest BCUT2D eigenvalue weighted by Crippen LogP contribution is 2.26. The molecular formula is C17H20O3. The van der Waals surface area contributed by atoms with Gasteiger partial charge in [0.1, 0.15) is 19.0 Å². The molecule has 0 aliphatic carbocycles. The second-order valence-corrected chi connectivity index (χ2v) is 4.31. The first-order chi connectivity index (χ1) is 9.90. The lowest BCUT2D eigenvalue weighted by Gasteiger charge is -2.12. The molecule has 2 aromatic carbocycles. The van der Waals surface area contributed by atoms with Crippen LogP contribution in [0.1, 0.15) is 13.3 Å². The third kappa shape index (κ3) is 4.50. The van der Waals surface area contributed by atoms with Crippen molar-refractivity contribution in [3.05, 3.63) is 54.6 Å². The fourth-order valence-corrected chi connectivity index (χ4v) is 1.73. The van der Waals surface area contributed by atoms with E-state index in [0.29, 0.717) is 19.8 Å². The summed E-state index contributed by atoms with van der Waals surface area (Å²) in [4.78, 5) is 0. The topological polar surface area (TPSA) is 27.7 Å². The number of para-hydroxylation sites is 3. The van der Waals surface area contributed by atoms with Gasteiger partial charge >= 0.3 is 0 Å². The fourth-order valence-electron chi connectivity index (χ4n) is 1.73. The average Bonchev–Trinajstić information content (AvgIpc) is 2.51. The Morgan fingerprint density at radius 2 is 1.20 bits per heavy atom. The van der Waals surface area contributed by atoms with E-state index in [1.165, 1.54) is 0 Å². The van der Waals surface area contributed by atoms with Gasteiger partial charge in [-0.15, -0.1) is 0 Å². The summed E-state index contributed by atoms with van der Waals surface area (Å²) in [7, 11) is 0. The lowest BCUT2D eigenvalue weighted by atomic mass is 10.3. The van der Waals surface area contributed by atoms with E-state index in [0.717, 1.165) is 23.7 Å². The van der Waals surface area contributed by atoms with E-state index in [-0.39, 0.29) is 0 Å². The van der Waals surface area contributed by atoms with Crippen molar-refractivity contribution in [2.75, 3.05) is 19.8 Å². The van der Waals surface area contributed by atoms with Gasteiger partial charge in [0.2, 0.25) is 0 Å². The molecule has 0 aliphatic heterocycles. The molecule has 2 rings (SSSR count). The van der Waals surface area contributed by atoms with E-state index < -0.39 is 0 Å². The molecule has 0 aromatic heterocycles. The first-order valence-corrected chi connectivity index (χ1v) is 6.92. The Morgan fingerprint density at radius 3 is 1.85 bits per heavy atom. The highest BCUT2D eigenvalue weighted by Gasteiger charge is 2.03. The van der Waals surface area contributed by atoms with Crippen LogP contribution in [0.4, 0.5) is 0 Å². The van der Waals surface area contributed by atoms with Crippen LogP contribution in [0.25, 0.3) is 0 Å². The number of hydrogen-bond acceptors (Lipinski definition) is 3. The summed E-state index contributed by atoms with van der Waals surface area (Å²) in [5.74, 6) is 2.40. The largest absolute Gasteiger partial charge is 0.490 e. The van der Waals surface area contributed by atoms with Crippen LogP contribution >= 0.6 is 0 Å². The molecule has 2 aromatic rings. The quantitative estimate of drug-likeness (QED) is 0.681. The first-order valence-electron chi connectivity index (χ1n) is 6.92. The Kier molecular flexibility index (Phi) is 5.77. The third-order valence-corrected chi connectivity index (χ3v) is 2.66. The Morgan fingerprint density at radius 1 is 0.650 bits per heavy atom. The maximum Gasteiger partial charge on any atom is 0.161 e. The van der Waals surface area contributed by atoms with E-state index in [9.17, 15) is 0 Å². The van der Waals surface area contributed by atoms with Gasteiger partial charge in [-0.3, -0.25) is 0 Å². The number of ether oxygens (including phenoxy) is 3. The minimum atomic E-state index is 0.487. The standard InChI is InChI=1S/C17H20O3/c1-2-12-19-16-10-6-7-11-17(16)20-14-13-18-15-8-4-3-5-9-15/h3-11H,2,12-14H2,1H3. The predicted molar refractivity (Wildman–Crippen MR) is 79.7 cm³/mol. The van der Waals surface area contributed by atoms with Crippen molar-refractivity contribution >= 4 is 0 Å². The molecule has 0 unspecified atom stereocenters. The summed E-state index contributed by atoms with van der Waals surface area (Å²) >= 11 is 0. The third-order valence-electron chi connectivity index (χ3n) is 2.66. The molecule has 0 saturated carbocycles. The molecule has 0 atom stereocenters. The molecule has 106 valence electrons. The van der Waals surface area contributed by atoms with Crippen LogP contribution in [0.2, 0.25) is 0 Å². The lowest BCUT2D eigenvalue weighted by molar-refractivity contribution is 0.207. The monoisotopic (exact) mass is 272 g/mol. The van der Waals surface area contributed by atoms with Gasteiger partial charge in [0.15, 0.2) is 11.5 Å². The van der Waals surface area contributed by atoms with Gasteiger partial charge in [-0.2, -0.15) is 0 Å². The molecule has 0 fully saturated rings. The summed E-state index contributed by atoms with van der Waals surface area (Å²) in [6, 6.07) is 17.4. The zero-order valence-corrected chi connectivity index (χ0v) is 11.7. The van der Waals surface area contributed by atoms with Gasteiger partial charge in [0, 0.05) is 0 Å². The summed E-state index contributed by atoms with van der Waals surface area (Å²) in [5.41, 5.74) is 0. The van der Waals surface area contributed by atoms with Crippen molar-refractivity contribution in [2.45, 2.75) is 13.3 Å². The number of rotatable bonds is 8. The van der Waals surface area contributed by atoms with Gasteiger partial charge in [-0.25, -0.2) is 0 Å². The van der Waals surface area contributed by atoms with Gasteiger partial charge in [-0.1, -0.05) is 37.3 Å². The second-order valence-electron chi connectivity index (χ2n) is 4.31. The van der Waals surface area contributed by atoms with Crippen molar-refractivity contribution in [1.29, 1.82) is 0 Å². The van der Waals surface area contributed by atoms with Gasteiger partial charge in [0.05, 0.1) is 6.61 Å². The zero-order valence-electron chi connectivity index (χ0n) is 11.7. The van der Waals surface area contributed by atoms with E-state index in [2.05, 4.69) is 6.92 Å². The molecule has 0 bridgehead atoms. The molecule has 0 spiro atoms. The summed E-state index contributed by atoms with van der Waals surface area (Å²) in [6.45, 7) is 3.77. The molecule has 3 nitrogen and oxygen atoms in total. The van der Waals surface area contributed by atoms with E-state index >= 15 is 0 Å². The Hall–Kier alpha value is -2.16. The molecule has 0 aliphatic rings. The molecule has 0 heterocycles. The lowest BCUT2D eigenvalue weighted by Crippen LogP contribution is -2.09. The minimum Gasteiger partial charge on any atom is -0.490 e. The molecular weight excluding hydrogens is 252 g/mol. The van der Waals surface area contributed by atoms with Gasteiger partial charge < -0.3 is 14.2 Å². The van der Waals surface area contributed by atoms with E-state index in [1.54, 1.807) is 0 Å². The van der Waals surface area contributed by atoms with Crippen LogP contribution < -0.4 is 14.2 Å². The molecule has 0 amide bonds. The highest BCUT2D eigenvalue weighted by molar-refractivity contribution is 5.39. The van der Waals surface area contributed by atoms with Crippen molar-refractivity contribution in [3.63, 3.8) is 0 Å². The van der Waals surface area contributed by atoms with Crippen LogP contribution in [0.15, 0.2) is 54.6 Å². The smallest absolute Gasteiger partial charge is 0.161 e. The van der Waals surface area contributed by atoms with E-state index in [1.807, 2.05) is 54.6 Å². The van der Waals surface area contributed by atoms with Crippen molar-refractivity contribution < 1.29 is 14.2 Å².